The first-order valence-corrected chi connectivity index (χ1v) is 11.8. The normalized spacial score (nSPS) is 12.1. The Hall–Kier alpha value is -2.26. The number of hydrogen-bond donors (Lipinski definition) is 2. The summed E-state index contributed by atoms with van der Waals surface area (Å²) in [4.78, 5) is 11.9. The van der Waals surface area contributed by atoms with E-state index in [0.29, 0.717) is 18.0 Å². The van der Waals surface area contributed by atoms with E-state index in [1.54, 1.807) is 12.1 Å². The summed E-state index contributed by atoms with van der Waals surface area (Å²) in [6, 6.07) is 4.95. The number of amides is 1. The predicted molar refractivity (Wildman–Crippen MR) is 133 cm³/mol. The molecule has 0 heterocycles. The number of unbranched alkanes of at least 4 members (excludes halogenated alkanes) is 4. The fourth-order valence-corrected chi connectivity index (χ4v) is 3.09. The number of carbonyl (C=O) groups is 1. The number of aromatic hydroxyl groups is 1. The van der Waals surface area contributed by atoms with Gasteiger partial charge in [-0.3, -0.25) is 4.79 Å². The van der Waals surface area contributed by atoms with E-state index < -0.39 is 0 Å². The van der Waals surface area contributed by atoms with Gasteiger partial charge in [0.15, 0.2) is 0 Å². The molecule has 1 aromatic carbocycles. The van der Waals surface area contributed by atoms with Crippen LogP contribution in [0, 0.1) is 0 Å². The van der Waals surface area contributed by atoms with Crippen molar-refractivity contribution < 1.29 is 9.90 Å². The van der Waals surface area contributed by atoms with Gasteiger partial charge in [-0.15, -0.1) is 0 Å². The Labute approximate surface area is 193 Å². The van der Waals surface area contributed by atoms with Crippen LogP contribution in [-0.4, -0.2) is 11.0 Å². The zero-order valence-corrected chi connectivity index (χ0v) is 19.6. The Morgan fingerprint density at radius 3 is 2.06 bits per heavy atom. The second kappa shape index (κ2) is 18.5. The summed E-state index contributed by atoms with van der Waals surface area (Å²) in [6.45, 7) is 2.65. The molecule has 1 aromatic rings. The number of phenolic OH excluding ortho intramolecular Hbond substituents is 1. The van der Waals surface area contributed by atoms with Crippen LogP contribution in [0.1, 0.15) is 76.7 Å². The second-order valence-corrected chi connectivity index (χ2v) is 7.95. The highest BCUT2D eigenvalue weighted by Crippen LogP contribution is 2.23. The lowest BCUT2D eigenvalue weighted by Crippen LogP contribution is -2.22. The van der Waals surface area contributed by atoms with Gasteiger partial charge in [-0.2, -0.15) is 0 Å². The number of halogens is 1. The minimum Gasteiger partial charge on any atom is -0.506 e. The Kier molecular flexibility index (Phi) is 16.0. The molecule has 0 saturated carbocycles. The highest BCUT2D eigenvalue weighted by atomic mass is 35.5. The van der Waals surface area contributed by atoms with E-state index in [2.05, 4.69) is 60.8 Å². The first kappa shape index (κ1) is 26.8. The minimum absolute atomic E-state index is 0.0279. The molecular weight excluding hydrogens is 406 g/mol. The summed E-state index contributed by atoms with van der Waals surface area (Å²) >= 11 is 5.86. The molecule has 0 aliphatic rings. The van der Waals surface area contributed by atoms with Gasteiger partial charge in [0.2, 0.25) is 5.91 Å². The van der Waals surface area contributed by atoms with Crippen molar-refractivity contribution in [3.8, 4) is 5.75 Å². The summed E-state index contributed by atoms with van der Waals surface area (Å²) in [5.41, 5.74) is 0.872. The molecule has 0 spiro atoms. The van der Waals surface area contributed by atoms with Crippen molar-refractivity contribution in [3.63, 3.8) is 0 Å². The Morgan fingerprint density at radius 1 is 0.903 bits per heavy atom. The Balaban J connectivity index is 2.00. The highest BCUT2D eigenvalue weighted by Gasteiger charge is 2.03. The number of phenols is 1. The standard InChI is InChI=1S/C27H38ClNO2/c1-2-3-4-5-6-7-8-9-10-11-12-13-14-15-16-17-18-19-27(31)29-23-24-20-21-26(30)25(28)22-24/h6-7,9-10,12-13,15-16,20-22,30H,2-5,8,11,14,17-19,23H2,1H3,(H,29,31)/b7-6-,10-9-,13-12+,16-15-. The zero-order valence-electron chi connectivity index (χ0n) is 18.9. The van der Waals surface area contributed by atoms with Gasteiger partial charge in [-0.25, -0.2) is 0 Å². The van der Waals surface area contributed by atoms with Crippen molar-refractivity contribution in [2.24, 2.45) is 0 Å². The number of carbonyl (C=O) groups excluding carboxylic acids is 1. The third-order valence-corrected chi connectivity index (χ3v) is 5.04. The molecule has 0 atom stereocenters. The number of benzene rings is 1. The summed E-state index contributed by atoms with van der Waals surface area (Å²) in [6.07, 6.45) is 27.9. The van der Waals surface area contributed by atoms with Gasteiger partial charge in [0, 0.05) is 13.0 Å². The third-order valence-electron chi connectivity index (χ3n) is 4.73. The SMILES string of the molecule is CCCCC/C=C\C/C=C\C/C=C/C/C=C\CCCC(=O)NCc1ccc(O)c(Cl)c1. The molecule has 1 amide bonds. The first-order chi connectivity index (χ1) is 15.1. The summed E-state index contributed by atoms with van der Waals surface area (Å²) in [5.74, 6) is 0.0795. The van der Waals surface area contributed by atoms with Gasteiger partial charge in [-0.05, 0) is 62.6 Å². The van der Waals surface area contributed by atoms with Gasteiger partial charge in [0.05, 0.1) is 5.02 Å². The van der Waals surface area contributed by atoms with Crippen LogP contribution in [0.15, 0.2) is 66.8 Å². The van der Waals surface area contributed by atoms with Gasteiger partial charge in [0.25, 0.3) is 0 Å². The molecule has 0 bridgehead atoms. The number of allylic oxidation sites excluding steroid dienone is 8. The van der Waals surface area contributed by atoms with Crippen LogP contribution in [0.3, 0.4) is 0 Å². The molecule has 0 aromatic heterocycles. The lowest BCUT2D eigenvalue weighted by molar-refractivity contribution is -0.121. The van der Waals surface area contributed by atoms with Crippen LogP contribution >= 0.6 is 11.6 Å². The van der Waals surface area contributed by atoms with Crippen molar-refractivity contribution in [2.75, 3.05) is 0 Å². The molecule has 0 saturated heterocycles. The highest BCUT2D eigenvalue weighted by molar-refractivity contribution is 6.32. The van der Waals surface area contributed by atoms with Crippen molar-refractivity contribution in [1.82, 2.24) is 5.32 Å². The lowest BCUT2D eigenvalue weighted by Gasteiger charge is -2.06. The summed E-state index contributed by atoms with van der Waals surface area (Å²) in [5, 5.41) is 12.6. The smallest absolute Gasteiger partial charge is 0.220 e. The van der Waals surface area contributed by atoms with E-state index in [1.807, 2.05) is 0 Å². The molecule has 31 heavy (non-hydrogen) atoms. The maximum Gasteiger partial charge on any atom is 0.220 e. The monoisotopic (exact) mass is 443 g/mol. The first-order valence-electron chi connectivity index (χ1n) is 11.5. The topological polar surface area (TPSA) is 49.3 Å². The predicted octanol–water partition coefficient (Wildman–Crippen LogP) is 7.81. The zero-order chi connectivity index (χ0) is 22.6. The molecule has 170 valence electrons. The summed E-state index contributed by atoms with van der Waals surface area (Å²) in [7, 11) is 0. The molecule has 2 N–H and O–H groups in total. The van der Waals surface area contributed by atoms with E-state index in [0.717, 1.165) is 37.7 Å². The lowest BCUT2D eigenvalue weighted by atomic mass is 10.2. The molecule has 0 radical (unpaired) electrons. The van der Waals surface area contributed by atoms with Gasteiger partial charge >= 0.3 is 0 Å². The second-order valence-electron chi connectivity index (χ2n) is 7.54. The van der Waals surface area contributed by atoms with Gasteiger partial charge < -0.3 is 10.4 Å². The van der Waals surface area contributed by atoms with E-state index >= 15 is 0 Å². The molecule has 0 aliphatic carbocycles. The maximum atomic E-state index is 11.9. The summed E-state index contributed by atoms with van der Waals surface area (Å²) < 4.78 is 0. The van der Waals surface area contributed by atoms with Crippen molar-refractivity contribution >= 4 is 17.5 Å². The quantitative estimate of drug-likeness (QED) is 0.202. The number of nitrogens with one attached hydrogen (secondary N) is 1. The van der Waals surface area contributed by atoms with Crippen LogP contribution < -0.4 is 5.32 Å². The molecule has 0 fully saturated rings. The van der Waals surface area contributed by atoms with Crippen LogP contribution in [0.2, 0.25) is 5.02 Å². The molecule has 0 unspecified atom stereocenters. The van der Waals surface area contributed by atoms with E-state index in [-0.39, 0.29) is 11.7 Å². The van der Waals surface area contributed by atoms with E-state index in [9.17, 15) is 9.90 Å². The molecule has 4 heteroatoms. The number of hydrogen-bond acceptors (Lipinski definition) is 2. The van der Waals surface area contributed by atoms with Crippen LogP contribution in [-0.2, 0) is 11.3 Å². The largest absolute Gasteiger partial charge is 0.506 e. The number of rotatable bonds is 16. The van der Waals surface area contributed by atoms with Gasteiger partial charge in [0.1, 0.15) is 5.75 Å². The van der Waals surface area contributed by atoms with E-state index in [1.165, 1.54) is 31.7 Å². The average molecular weight is 444 g/mol. The maximum absolute atomic E-state index is 11.9. The molecule has 3 nitrogen and oxygen atoms in total. The van der Waals surface area contributed by atoms with Crippen molar-refractivity contribution in [1.29, 1.82) is 0 Å². The fourth-order valence-electron chi connectivity index (χ4n) is 2.89. The molecular formula is C27H38ClNO2. The van der Waals surface area contributed by atoms with Crippen LogP contribution in [0.25, 0.3) is 0 Å². The van der Waals surface area contributed by atoms with Crippen LogP contribution in [0.5, 0.6) is 5.75 Å². The van der Waals surface area contributed by atoms with Crippen molar-refractivity contribution in [3.05, 3.63) is 77.4 Å². The minimum atomic E-state index is 0.0279. The Bertz CT molecular complexity index is 735. The fraction of sp³-hybridized carbons (Fsp3) is 0.444. The van der Waals surface area contributed by atoms with Crippen molar-refractivity contribution in [2.45, 2.75) is 77.7 Å². The van der Waals surface area contributed by atoms with Gasteiger partial charge in [-0.1, -0.05) is 86.0 Å². The Morgan fingerprint density at radius 2 is 1.48 bits per heavy atom. The van der Waals surface area contributed by atoms with Crippen LogP contribution in [0.4, 0.5) is 0 Å². The van der Waals surface area contributed by atoms with E-state index in [4.69, 9.17) is 11.6 Å². The average Bonchev–Trinajstić information content (AvgIpc) is 2.76. The molecule has 0 aliphatic heterocycles. The molecule has 1 rings (SSSR count). The third kappa shape index (κ3) is 15.2.